The van der Waals surface area contributed by atoms with Crippen molar-refractivity contribution in [2.75, 3.05) is 12.4 Å². The van der Waals surface area contributed by atoms with Crippen LogP contribution in [0.2, 0.25) is 5.02 Å². The average molecular weight is 346 g/mol. The number of hydrogen-bond acceptors (Lipinski definition) is 4. The van der Waals surface area contributed by atoms with Crippen molar-refractivity contribution in [1.82, 2.24) is 5.43 Å². The number of thioether (sulfide) groups is 1. The predicted octanol–water partition coefficient (Wildman–Crippen LogP) is 4.47. The third kappa shape index (κ3) is 4.27. The average Bonchev–Trinajstić information content (AvgIpc) is 2.58. The Morgan fingerprint density at radius 1 is 1.17 bits per heavy atom. The SMILES string of the molecule is CCOc1ccc(N=C2NN=C(c3ccc(Cl)cc3)CS2)cc1. The summed E-state index contributed by atoms with van der Waals surface area (Å²) in [4.78, 5) is 4.55. The number of halogens is 1. The van der Waals surface area contributed by atoms with E-state index in [2.05, 4.69) is 15.5 Å². The van der Waals surface area contributed by atoms with Crippen molar-refractivity contribution in [3.63, 3.8) is 0 Å². The largest absolute Gasteiger partial charge is 0.494 e. The van der Waals surface area contributed by atoms with Gasteiger partial charge in [-0.05, 0) is 48.9 Å². The number of hydrazone groups is 1. The van der Waals surface area contributed by atoms with Crippen LogP contribution in [0.5, 0.6) is 5.75 Å². The summed E-state index contributed by atoms with van der Waals surface area (Å²) in [6, 6.07) is 15.4. The van der Waals surface area contributed by atoms with E-state index >= 15 is 0 Å². The number of rotatable bonds is 4. The van der Waals surface area contributed by atoms with Crippen LogP contribution in [0, 0.1) is 0 Å². The molecule has 0 unspecified atom stereocenters. The van der Waals surface area contributed by atoms with Gasteiger partial charge in [-0.3, -0.25) is 5.43 Å². The second-order valence-corrected chi connectivity index (χ2v) is 6.21. The highest BCUT2D eigenvalue weighted by Gasteiger charge is 2.13. The third-order valence-electron chi connectivity index (χ3n) is 3.19. The predicted molar refractivity (Wildman–Crippen MR) is 98.3 cm³/mol. The number of nitrogens with zero attached hydrogens (tertiary/aromatic N) is 2. The summed E-state index contributed by atoms with van der Waals surface area (Å²) in [7, 11) is 0. The second-order valence-electron chi connectivity index (χ2n) is 4.81. The molecule has 1 aliphatic heterocycles. The van der Waals surface area contributed by atoms with Crippen LogP contribution in [-0.2, 0) is 0 Å². The van der Waals surface area contributed by atoms with E-state index < -0.39 is 0 Å². The molecule has 0 atom stereocenters. The molecule has 2 aromatic carbocycles. The Labute approximate surface area is 144 Å². The van der Waals surface area contributed by atoms with E-state index in [1.807, 2.05) is 55.5 Å². The topological polar surface area (TPSA) is 46.0 Å². The summed E-state index contributed by atoms with van der Waals surface area (Å²) in [6.07, 6.45) is 0. The van der Waals surface area contributed by atoms with Crippen LogP contribution in [0.4, 0.5) is 5.69 Å². The number of benzene rings is 2. The zero-order valence-corrected chi connectivity index (χ0v) is 14.2. The molecule has 1 N–H and O–H groups in total. The highest BCUT2D eigenvalue weighted by atomic mass is 35.5. The Bertz CT molecular complexity index is 727. The Morgan fingerprint density at radius 3 is 2.52 bits per heavy atom. The van der Waals surface area contributed by atoms with Gasteiger partial charge >= 0.3 is 0 Å². The minimum atomic E-state index is 0.660. The van der Waals surface area contributed by atoms with Crippen LogP contribution in [0.1, 0.15) is 12.5 Å². The minimum absolute atomic E-state index is 0.660. The van der Waals surface area contributed by atoms with Crippen LogP contribution in [0.3, 0.4) is 0 Å². The number of hydrogen-bond donors (Lipinski definition) is 1. The first-order valence-electron chi connectivity index (χ1n) is 7.27. The summed E-state index contributed by atoms with van der Waals surface area (Å²) in [5.74, 6) is 1.62. The van der Waals surface area contributed by atoms with E-state index in [9.17, 15) is 0 Å². The van der Waals surface area contributed by atoms with Gasteiger partial charge in [0.1, 0.15) is 5.75 Å². The van der Waals surface area contributed by atoms with Crippen molar-refractivity contribution >= 4 is 39.9 Å². The van der Waals surface area contributed by atoms with E-state index in [1.54, 1.807) is 11.8 Å². The van der Waals surface area contributed by atoms with E-state index in [0.29, 0.717) is 6.61 Å². The van der Waals surface area contributed by atoms with Crippen molar-refractivity contribution in [3.8, 4) is 5.75 Å². The summed E-state index contributed by atoms with van der Waals surface area (Å²) in [5, 5.41) is 5.91. The lowest BCUT2D eigenvalue weighted by Gasteiger charge is -2.15. The molecule has 0 aliphatic carbocycles. The van der Waals surface area contributed by atoms with E-state index in [0.717, 1.165) is 38.7 Å². The van der Waals surface area contributed by atoms with Crippen molar-refractivity contribution < 1.29 is 4.74 Å². The molecule has 1 heterocycles. The van der Waals surface area contributed by atoms with Gasteiger partial charge in [0, 0.05) is 10.8 Å². The molecular weight excluding hydrogens is 330 g/mol. The van der Waals surface area contributed by atoms with Crippen molar-refractivity contribution in [2.24, 2.45) is 10.1 Å². The summed E-state index contributed by atoms with van der Waals surface area (Å²) in [5.41, 5.74) is 5.92. The smallest absolute Gasteiger partial charge is 0.182 e. The highest BCUT2D eigenvalue weighted by Crippen LogP contribution is 2.21. The van der Waals surface area contributed by atoms with Crippen LogP contribution in [-0.4, -0.2) is 23.2 Å². The molecular formula is C17H16ClN3OS. The molecule has 0 aromatic heterocycles. The zero-order chi connectivity index (χ0) is 16.1. The standard InChI is InChI=1S/C17H16ClN3OS/c1-2-22-15-9-7-14(8-10-15)19-17-21-20-16(11-23-17)12-3-5-13(18)6-4-12/h3-10H,2,11H2,1H3,(H,19,21). The van der Waals surface area contributed by atoms with E-state index in [-0.39, 0.29) is 0 Å². The molecule has 2 aromatic rings. The molecule has 118 valence electrons. The molecule has 4 nitrogen and oxygen atoms in total. The summed E-state index contributed by atoms with van der Waals surface area (Å²) in [6.45, 7) is 2.63. The fourth-order valence-electron chi connectivity index (χ4n) is 2.06. The maximum absolute atomic E-state index is 5.91. The Morgan fingerprint density at radius 2 is 1.91 bits per heavy atom. The van der Waals surface area contributed by atoms with Crippen molar-refractivity contribution in [2.45, 2.75) is 6.92 Å². The Balaban J connectivity index is 1.68. The fourth-order valence-corrected chi connectivity index (χ4v) is 2.98. The highest BCUT2D eigenvalue weighted by molar-refractivity contribution is 8.14. The molecule has 0 saturated carbocycles. The van der Waals surface area contributed by atoms with E-state index in [4.69, 9.17) is 16.3 Å². The number of nitrogens with one attached hydrogen (secondary N) is 1. The molecule has 6 heteroatoms. The number of aliphatic imine (C=N–C) groups is 1. The van der Waals surface area contributed by atoms with Crippen LogP contribution in [0.15, 0.2) is 58.6 Å². The van der Waals surface area contributed by atoms with Gasteiger partial charge in [-0.15, -0.1) is 0 Å². The molecule has 0 fully saturated rings. The van der Waals surface area contributed by atoms with Gasteiger partial charge in [0.05, 0.1) is 18.0 Å². The molecule has 0 bridgehead atoms. The van der Waals surface area contributed by atoms with Crippen molar-refractivity contribution in [1.29, 1.82) is 0 Å². The van der Waals surface area contributed by atoms with Crippen LogP contribution < -0.4 is 10.2 Å². The fraction of sp³-hybridized carbons (Fsp3) is 0.176. The zero-order valence-electron chi connectivity index (χ0n) is 12.6. The summed E-state index contributed by atoms with van der Waals surface area (Å²) < 4.78 is 5.42. The van der Waals surface area contributed by atoms with Crippen LogP contribution >= 0.6 is 23.4 Å². The van der Waals surface area contributed by atoms with Gasteiger partial charge < -0.3 is 4.74 Å². The molecule has 0 spiro atoms. The Kier molecular flexibility index (Phi) is 5.20. The molecule has 0 radical (unpaired) electrons. The molecule has 3 rings (SSSR count). The first kappa shape index (κ1) is 15.9. The quantitative estimate of drug-likeness (QED) is 0.889. The number of ether oxygens (including phenoxy) is 1. The summed E-state index contributed by atoms with van der Waals surface area (Å²) >= 11 is 7.53. The van der Waals surface area contributed by atoms with Crippen molar-refractivity contribution in [3.05, 3.63) is 59.1 Å². The molecule has 23 heavy (non-hydrogen) atoms. The maximum atomic E-state index is 5.91. The number of amidine groups is 1. The molecule has 0 saturated heterocycles. The van der Waals surface area contributed by atoms with Crippen LogP contribution in [0.25, 0.3) is 0 Å². The minimum Gasteiger partial charge on any atom is -0.494 e. The second kappa shape index (κ2) is 7.53. The monoisotopic (exact) mass is 345 g/mol. The Hall–Kier alpha value is -1.98. The maximum Gasteiger partial charge on any atom is 0.182 e. The normalized spacial score (nSPS) is 15.9. The first-order chi connectivity index (χ1) is 11.2. The van der Waals surface area contributed by atoms with Gasteiger partial charge in [0.15, 0.2) is 5.17 Å². The molecule has 1 aliphatic rings. The van der Waals surface area contributed by atoms with Gasteiger partial charge in [-0.2, -0.15) is 5.10 Å². The lowest BCUT2D eigenvalue weighted by atomic mass is 10.1. The van der Waals surface area contributed by atoms with Gasteiger partial charge in [-0.25, -0.2) is 4.99 Å². The van der Waals surface area contributed by atoms with Gasteiger partial charge in [-0.1, -0.05) is 35.5 Å². The first-order valence-corrected chi connectivity index (χ1v) is 8.64. The lowest BCUT2D eigenvalue weighted by Crippen LogP contribution is -2.25. The lowest BCUT2D eigenvalue weighted by molar-refractivity contribution is 0.340. The van der Waals surface area contributed by atoms with E-state index in [1.165, 1.54) is 0 Å². The van der Waals surface area contributed by atoms with Gasteiger partial charge in [0.2, 0.25) is 0 Å². The third-order valence-corrected chi connectivity index (χ3v) is 4.31. The van der Waals surface area contributed by atoms with Gasteiger partial charge in [0.25, 0.3) is 0 Å². The molecule has 0 amide bonds.